The average molecular weight is 246 g/mol. The van der Waals surface area contributed by atoms with Gasteiger partial charge in [-0.3, -0.25) is 0 Å². The van der Waals surface area contributed by atoms with Gasteiger partial charge in [-0.05, 0) is 43.2 Å². The number of benzene rings is 1. The topological polar surface area (TPSA) is 20.2 Å². The summed E-state index contributed by atoms with van der Waals surface area (Å²) in [4.78, 5) is 0. The predicted octanol–water partition coefficient (Wildman–Crippen LogP) is 4.76. The lowest BCUT2D eigenvalue weighted by Gasteiger charge is -2.05. The number of unbranched alkanes of at least 4 members (excludes halogenated alkanes) is 2. The summed E-state index contributed by atoms with van der Waals surface area (Å²) in [5.74, 6) is 0.587. The van der Waals surface area contributed by atoms with E-state index in [2.05, 4.69) is 50.3 Å². The third-order valence-corrected chi connectivity index (χ3v) is 3.13. The molecule has 1 rings (SSSR count). The van der Waals surface area contributed by atoms with E-state index in [1.54, 1.807) is 0 Å². The summed E-state index contributed by atoms with van der Waals surface area (Å²) in [6.45, 7) is 6.30. The van der Waals surface area contributed by atoms with Gasteiger partial charge in [0.05, 0.1) is 6.10 Å². The van der Waals surface area contributed by atoms with Crippen LogP contribution in [0.5, 0.6) is 0 Å². The van der Waals surface area contributed by atoms with Crippen molar-refractivity contribution in [1.29, 1.82) is 0 Å². The van der Waals surface area contributed by atoms with Crippen LogP contribution in [0.2, 0.25) is 0 Å². The fraction of sp³-hybridized carbons (Fsp3) is 0.529. The Kier molecular flexibility index (Phi) is 6.74. The molecule has 1 nitrogen and oxygen atoms in total. The number of hydrogen-bond acceptors (Lipinski definition) is 1. The van der Waals surface area contributed by atoms with Crippen molar-refractivity contribution in [2.45, 2.75) is 58.5 Å². The predicted molar refractivity (Wildman–Crippen MR) is 79.7 cm³/mol. The minimum atomic E-state index is -0.156. The molecule has 0 bridgehead atoms. The Hall–Kier alpha value is -1.08. The standard InChI is InChI=1S/C17H26O/c1-14(2)17-12-8-11-16(13-17)10-7-5-4-6-9-15(3)18/h7-8,10-15,18H,4-6,9H2,1-3H3/t15-/m0/s1. The smallest absolute Gasteiger partial charge is 0.0512 e. The largest absolute Gasteiger partial charge is 0.393 e. The quantitative estimate of drug-likeness (QED) is 0.687. The van der Waals surface area contributed by atoms with Crippen molar-refractivity contribution in [3.05, 3.63) is 41.5 Å². The summed E-state index contributed by atoms with van der Waals surface area (Å²) < 4.78 is 0. The van der Waals surface area contributed by atoms with E-state index in [1.165, 1.54) is 11.1 Å². The van der Waals surface area contributed by atoms with Crippen molar-refractivity contribution >= 4 is 6.08 Å². The molecule has 0 radical (unpaired) electrons. The highest BCUT2D eigenvalue weighted by atomic mass is 16.3. The third-order valence-electron chi connectivity index (χ3n) is 3.13. The number of rotatable bonds is 7. The first-order chi connectivity index (χ1) is 8.59. The van der Waals surface area contributed by atoms with E-state index in [0.717, 1.165) is 25.7 Å². The minimum absolute atomic E-state index is 0.156. The van der Waals surface area contributed by atoms with Crippen molar-refractivity contribution in [2.75, 3.05) is 0 Å². The van der Waals surface area contributed by atoms with Gasteiger partial charge in [-0.2, -0.15) is 0 Å². The first-order valence-corrected chi connectivity index (χ1v) is 7.04. The van der Waals surface area contributed by atoms with E-state index in [4.69, 9.17) is 5.11 Å². The lowest BCUT2D eigenvalue weighted by molar-refractivity contribution is 0.181. The Balaban J connectivity index is 2.35. The van der Waals surface area contributed by atoms with Crippen LogP contribution in [-0.2, 0) is 0 Å². The maximum atomic E-state index is 9.15. The summed E-state index contributed by atoms with van der Waals surface area (Å²) in [6, 6.07) is 8.72. The monoisotopic (exact) mass is 246 g/mol. The van der Waals surface area contributed by atoms with Gasteiger partial charge in [-0.15, -0.1) is 0 Å². The summed E-state index contributed by atoms with van der Waals surface area (Å²) in [5, 5.41) is 9.15. The van der Waals surface area contributed by atoms with E-state index in [0.29, 0.717) is 5.92 Å². The summed E-state index contributed by atoms with van der Waals surface area (Å²) in [5.41, 5.74) is 2.68. The van der Waals surface area contributed by atoms with Gasteiger partial charge in [0.2, 0.25) is 0 Å². The number of allylic oxidation sites excluding steroid dienone is 1. The molecule has 1 atom stereocenters. The number of aliphatic hydroxyl groups excluding tert-OH is 1. The Morgan fingerprint density at radius 2 is 1.94 bits per heavy atom. The van der Waals surface area contributed by atoms with Crippen LogP contribution < -0.4 is 0 Å². The fourth-order valence-electron chi connectivity index (χ4n) is 1.94. The molecular formula is C17H26O. The van der Waals surface area contributed by atoms with E-state index in [1.807, 2.05) is 6.92 Å². The van der Waals surface area contributed by atoms with E-state index in [9.17, 15) is 0 Å². The highest BCUT2D eigenvalue weighted by molar-refractivity contribution is 5.50. The molecule has 18 heavy (non-hydrogen) atoms. The highest BCUT2D eigenvalue weighted by Crippen LogP contribution is 2.16. The van der Waals surface area contributed by atoms with Crippen LogP contribution in [-0.4, -0.2) is 11.2 Å². The zero-order valence-electron chi connectivity index (χ0n) is 11.9. The SMILES string of the molecule is CC(C)c1cccc(C=CCCCC[C@H](C)O)c1. The van der Waals surface area contributed by atoms with Crippen molar-refractivity contribution in [2.24, 2.45) is 0 Å². The Morgan fingerprint density at radius 3 is 2.61 bits per heavy atom. The Bertz CT molecular complexity index is 364. The van der Waals surface area contributed by atoms with Crippen molar-refractivity contribution in [3.63, 3.8) is 0 Å². The molecule has 0 aliphatic rings. The van der Waals surface area contributed by atoms with Gasteiger partial charge < -0.3 is 5.11 Å². The molecule has 0 heterocycles. The van der Waals surface area contributed by atoms with Gasteiger partial charge in [0.1, 0.15) is 0 Å². The second kappa shape index (κ2) is 8.10. The summed E-state index contributed by atoms with van der Waals surface area (Å²) >= 11 is 0. The molecule has 0 amide bonds. The first-order valence-electron chi connectivity index (χ1n) is 7.04. The highest BCUT2D eigenvalue weighted by Gasteiger charge is 1.98. The molecule has 100 valence electrons. The van der Waals surface area contributed by atoms with Crippen LogP contribution in [0.15, 0.2) is 30.3 Å². The zero-order chi connectivity index (χ0) is 13.4. The van der Waals surface area contributed by atoms with Crippen molar-refractivity contribution < 1.29 is 5.11 Å². The first kappa shape index (κ1) is 15.0. The lowest BCUT2D eigenvalue weighted by Crippen LogP contribution is -1.97. The van der Waals surface area contributed by atoms with Crippen LogP contribution in [0, 0.1) is 0 Å². The summed E-state index contributed by atoms with van der Waals surface area (Å²) in [7, 11) is 0. The van der Waals surface area contributed by atoms with Gasteiger partial charge >= 0.3 is 0 Å². The molecule has 0 aliphatic carbocycles. The Labute approximate surface area is 112 Å². The molecule has 1 N–H and O–H groups in total. The second-order valence-electron chi connectivity index (χ2n) is 5.36. The molecule has 0 aromatic heterocycles. The van der Waals surface area contributed by atoms with Crippen molar-refractivity contribution in [1.82, 2.24) is 0 Å². The molecule has 0 spiro atoms. The molecule has 0 fully saturated rings. The van der Waals surface area contributed by atoms with Gasteiger partial charge in [0.25, 0.3) is 0 Å². The normalized spacial score (nSPS) is 13.4. The van der Waals surface area contributed by atoms with Gasteiger partial charge in [-0.1, -0.05) is 56.7 Å². The van der Waals surface area contributed by atoms with Crippen LogP contribution >= 0.6 is 0 Å². The van der Waals surface area contributed by atoms with Gasteiger partial charge in [0.15, 0.2) is 0 Å². The Morgan fingerprint density at radius 1 is 1.17 bits per heavy atom. The maximum absolute atomic E-state index is 9.15. The molecule has 0 unspecified atom stereocenters. The third kappa shape index (κ3) is 6.02. The molecule has 1 aromatic rings. The maximum Gasteiger partial charge on any atom is 0.0512 e. The fourth-order valence-corrected chi connectivity index (χ4v) is 1.94. The zero-order valence-corrected chi connectivity index (χ0v) is 11.9. The average Bonchev–Trinajstić information content (AvgIpc) is 2.33. The molecule has 1 heteroatoms. The van der Waals surface area contributed by atoms with Gasteiger partial charge in [-0.25, -0.2) is 0 Å². The number of aliphatic hydroxyl groups is 1. The van der Waals surface area contributed by atoms with E-state index in [-0.39, 0.29) is 6.10 Å². The number of hydrogen-bond donors (Lipinski definition) is 1. The van der Waals surface area contributed by atoms with Crippen LogP contribution in [0.1, 0.15) is 63.5 Å². The lowest BCUT2D eigenvalue weighted by atomic mass is 10.0. The van der Waals surface area contributed by atoms with E-state index >= 15 is 0 Å². The molecule has 1 aromatic carbocycles. The second-order valence-corrected chi connectivity index (χ2v) is 5.36. The van der Waals surface area contributed by atoms with Crippen LogP contribution in [0.25, 0.3) is 6.08 Å². The molecule has 0 aliphatic heterocycles. The van der Waals surface area contributed by atoms with Crippen molar-refractivity contribution in [3.8, 4) is 0 Å². The molecule has 0 saturated carbocycles. The van der Waals surface area contributed by atoms with Crippen LogP contribution in [0.4, 0.5) is 0 Å². The van der Waals surface area contributed by atoms with Crippen LogP contribution in [0.3, 0.4) is 0 Å². The van der Waals surface area contributed by atoms with E-state index < -0.39 is 0 Å². The minimum Gasteiger partial charge on any atom is -0.393 e. The summed E-state index contributed by atoms with van der Waals surface area (Å²) in [6.07, 6.45) is 8.56. The molecule has 0 saturated heterocycles. The van der Waals surface area contributed by atoms with Gasteiger partial charge in [0, 0.05) is 0 Å². The molecular weight excluding hydrogens is 220 g/mol.